The fourth-order valence-corrected chi connectivity index (χ4v) is 12.2. The zero-order valence-electron chi connectivity index (χ0n) is 19.9. The maximum atomic E-state index is 2.78. The molecule has 29 heavy (non-hydrogen) atoms. The molecule has 160 valence electrons. The minimum Gasteiger partial charge on any atom is -0.358 e. The second-order valence-corrected chi connectivity index (χ2v) is 14.8. The molecule has 0 spiro atoms. The van der Waals surface area contributed by atoms with Gasteiger partial charge in [-0.25, -0.2) is 0 Å². The largest absolute Gasteiger partial charge is 4.00 e. The Morgan fingerprint density at radius 2 is 1.24 bits per heavy atom. The van der Waals surface area contributed by atoms with Gasteiger partial charge in [0.25, 0.3) is 0 Å². The Balaban J connectivity index is 0.00000157. The third-order valence-electron chi connectivity index (χ3n) is 8.37. The van der Waals surface area contributed by atoms with E-state index in [0.29, 0.717) is 0 Å². The quantitative estimate of drug-likeness (QED) is 0.229. The van der Waals surface area contributed by atoms with Crippen LogP contribution < -0.4 is 0 Å². The summed E-state index contributed by atoms with van der Waals surface area (Å²) >= 11 is 0. The second-order valence-electron chi connectivity index (χ2n) is 9.68. The summed E-state index contributed by atoms with van der Waals surface area (Å²) in [6.45, 7) is 5.51. The maximum Gasteiger partial charge on any atom is 4.00 e. The molecule has 3 fully saturated rings. The van der Waals surface area contributed by atoms with E-state index in [4.69, 9.17) is 0 Å². The molecule has 0 bridgehead atoms. The van der Waals surface area contributed by atoms with Crippen LogP contribution in [-0.4, -0.2) is 8.07 Å². The maximum absolute atomic E-state index is 2.78. The molecule has 0 N–H and O–H groups in total. The molecule has 0 saturated heterocycles. The molecule has 0 nitrogen and oxygen atoms in total. The van der Waals surface area contributed by atoms with Crippen LogP contribution in [0.2, 0.25) is 24.2 Å². The Bertz CT molecular complexity index is 653. The van der Waals surface area contributed by atoms with Gasteiger partial charge in [0, 0.05) is 0 Å². The van der Waals surface area contributed by atoms with Crippen LogP contribution in [0.25, 0.3) is 0 Å². The van der Waals surface area contributed by atoms with Crippen LogP contribution in [0.5, 0.6) is 0 Å². The molecule has 5 aliphatic rings. The molecule has 5 aliphatic carbocycles. The molecule has 0 aromatic heterocycles. The molecule has 5 rings (SSSR count). The van der Waals surface area contributed by atoms with Gasteiger partial charge in [0.1, 0.15) is 0 Å². The predicted octanol–water partition coefficient (Wildman–Crippen LogP) is 8.46. The van der Waals surface area contributed by atoms with Crippen LogP contribution >= 0.6 is 0 Å². The van der Waals surface area contributed by atoms with Crippen LogP contribution in [0.3, 0.4) is 0 Å². The summed E-state index contributed by atoms with van der Waals surface area (Å²) in [5.74, 6) is 3.50. The van der Waals surface area contributed by atoms with Gasteiger partial charge in [-0.1, -0.05) is 62.4 Å². The van der Waals surface area contributed by atoms with Gasteiger partial charge in [-0.3, -0.25) is 0 Å². The molecule has 0 heterocycles. The number of hydrogen-bond acceptors (Lipinski definition) is 0. The molecule has 6 unspecified atom stereocenters. The van der Waals surface area contributed by atoms with Gasteiger partial charge in [0.15, 0.2) is 0 Å². The first kappa shape index (κ1) is 29.0. The Morgan fingerprint density at radius 3 is 1.93 bits per heavy atom. The molecule has 0 aromatic carbocycles. The van der Waals surface area contributed by atoms with Crippen LogP contribution in [-0.2, 0) is 25.8 Å². The average Bonchev–Trinajstić information content (AvgIpc) is 3.29. The molecule has 0 amide bonds. The zero-order valence-corrected chi connectivity index (χ0v) is 24.5. The molecule has 2 heteroatoms. The predicted molar refractivity (Wildman–Crippen MR) is 131 cm³/mol. The molecule has 3 saturated carbocycles. The van der Waals surface area contributed by atoms with Crippen molar-refractivity contribution >= 4 is 8.07 Å². The normalized spacial score (nSPS) is 35.8. The topological polar surface area (TPSA) is 0 Å². The van der Waals surface area contributed by atoms with Gasteiger partial charge in [-0.05, 0) is 78.0 Å². The summed E-state index contributed by atoms with van der Waals surface area (Å²) in [4.78, 5) is 0. The number of fused-ring (bicyclic) bond motifs is 3. The third kappa shape index (κ3) is 4.79. The molecular weight excluding hydrogens is 531 g/mol. The standard InChI is InChI=1S/C23H32Si.4CH3.Hf/c1-24(2,22-12-10-16-6-3-4-9-20(16)22)23-13-11-19-14-17-7-5-8-18(17)15-21(19)23;;;;;/h3-4,6,9,14-16,19-23H,5,7-8,10-13H2,1-2H3;4*1H3;/q;4*-1;+4. The van der Waals surface area contributed by atoms with Gasteiger partial charge in [-0.15, -0.1) is 0 Å². The first-order chi connectivity index (χ1) is 11.6. The molecule has 6 atom stereocenters. The van der Waals surface area contributed by atoms with E-state index in [1.54, 1.807) is 11.1 Å². The van der Waals surface area contributed by atoms with E-state index in [1.807, 2.05) is 0 Å². The van der Waals surface area contributed by atoms with Gasteiger partial charge < -0.3 is 29.7 Å². The minimum absolute atomic E-state index is 0. The summed E-state index contributed by atoms with van der Waals surface area (Å²) in [6.07, 6.45) is 25.3. The van der Waals surface area contributed by atoms with Crippen LogP contribution in [0.15, 0.2) is 47.6 Å². The summed E-state index contributed by atoms with van der Waals surface area (Å²) in [5, 5.41) is 0. The Morgan fingerprint density at radius 1 is 0.690 bits per heavy atom. The SMILES string of the molecule is C[Si](C)(C1CCC2C=CC=CC21)C1CCC2C=C3CCCC3=CC21.[CH3-].[CH3-].[CH3-].[CH3-].[Hf+4]. The van der Waals surface area contributed by atoms with E-state index in [-0.39, 0.29) is 55.5 Å². The van der Waals surface area contributed by atoms with Crippen LogP contribution in [0.4, 0.5) is 0 Å². The summed E-state index contributed by atoms with van der Waals surface area (Å²) < 4.78 is 0. The molecule has 0 radical (unpaired) electrons. The Labute approximate surface area is 203 Å². The van der Waals surface area contributed by atoms with E-state index >= 15 is 0 Å². The smallest absolute Gasteiger partial charge is 0.358 e. The van der Waals surface area contributed by atoms with Gasteiger partial charge in [0.05, 0.1) is 8.07 Å². The number of rotatable bonds is 2. The minimum atomic E-state index is -1.26. The van der Waals surface area contributed by atoms with Crippen molar-refractivity contribution in [1.29, 1.82) is 0 Å². The average molecular weight is 575 g/mol. The van der Waals surface area contributed by atoms with Crippen molar-refractivity contribution < 1.29 is 25.8 Å². The van der Waals surface area contributed by atoms with Crippen LogP contribution in [0, 0.1) is 53.4 Å². The van der Waals surface area contributed by atoms with Gasteiger partial charge >= 0.3 is 25.8 Å². The van der Waals surface area contributed by atoms with Crippen molar-refractivity contribution in [2.45, 2.75) is 69.1 Å². The van der Waals surface area contributed by atoms with Crippen molar-refractivity contribution in [3.8, 4) is 0 Å². The van der Waals surface area contributed by atoms with Crippen molar-refractivity contribution in [2.24, 2.45) is 23.7 Å². The molecule has 0 aromatic rings. The fourth-order valence-electron chi connectivity index (χ4n) is 7.12. The Hall–Kier alpha value is 0.0470. The van der Waals surface area contributed by atoms with Crippen molar-refractivity contribution in [3.63, 3.8) is 0 Å². The monoisotopic (exact) mass is 576 g/mol. The van der Waals surface area contributed by atoms with E-state index in [0.717, 1.165) is 34.8 Å². The van der Waals surface area contributed by atoms with E-state index in [9.17, 15) is 0 Å². The first-order valence-corrected chi connectivity index (χ1v) is 13.6. The van der Waals surface area contributed by atoms with Crippen molar-refractivity contribution in [1.82, 2.24) is 0 Å². The Kier molecular flexibility index (Phi) is 11.1. The number of hydrogen-bond donors (Lipinski definition) is 0. The van der Waals surface area contributed by atoms with Crippen molar-refractivity contribution in [2.75, 3.05) is 0 Å². The summed E-state index contributed by atoms with van der Waals surface area (Å²) in [7, 11) is -1.26. The van der Waals surface area contributed by atoms with Gasteiger partial charge in [-0.2, -0.15) is 0 Å². The number of allylic oxidation sites excluding steroid dienone is 8. The van der Waals surface area contributed by atoms with Crippen molar-refractivity contribution in [3.05, 3.63) is 77.3 Å². The fraction of sp³-hybridized carbons (Fsp3) is 0.556. The first-order valence-electron chi connectivity index (χ1n) is 10.4. The van der Waals surface area contributed by atoms with Crippen LogP contribution in [0.1, 0.15) is 44.9 Å². The second kappa shape index (κ2) is 11.1. The molecule has 0 aliphatic heterocycles. The van der Waals surface area contributed by atoms with Gasteiger partial charge in [0.2, 0.25) is 0 Å². The summed E-state index contributed by atoms with van der Waals surface area (Å²) in [6, 6.07) is 0. The zero-order chi connectivity index (χ0) is 16.3. The van der Waals surface area contributed by atoms with E-state index < -0.39 is 8.07 Å². The third-order valence-corrected chi connectivity index (χ3v) is 13.5. The molecular formula is C27H44HfSi. The van der Waals surface area contributed by atoms with E-state index in [2.05, 4.69) is 49.6 Å². The summed E-state index contributed by atoms with van der Waals surface area (Å²) in [5.41, 5.74) is 5.52. The van der Waals surface area contributed by atoms with E-state index in [1.165, 1.54) is 44.9 Å².